The van der Waals surface area contributed by atoms with Gasteiger partial charge in [-0.25, -0.2) is 8.42 Å². The highest BCUT2D eigenvalue weighted by atomic mass is 32.2. The zero-order valence-corrected chi connectivity index (χ0v) is 10.9. The van der Waals surface area contributed by atoms with Gasteiger partial charge in [0.15, 0.2) is 9.84 Å². The molecule has 98 valence electrons. The molecule has 2 bridgehead atoms. The third-order valence-electron chi connectivity index (χ3n) is 4.03. The van der Waals surface area contributed by atoms with Gasteiger partial charge in [0.05, 0.1) is 10.1 Å². The van der Waals surface area contributed by atoms with Crippen LogP contribution in [0.25, 0.3) is 0 Å². The van der Waals surface area contributed by atoms with Crippen molar-refractivity contribution >= 4 is 9.84 Å². The Morgan fingerprint density at radius 1 is 1.06 bits per heavy atom. The summed E-state index contributed by atoms with van der Waals surface area (Å²) < 4.78 is 25.0. The molecule has 2 atom stereocenters. The van der Waals surface area contributed by atoms with Crippen molar-refractivity contribution in [3.63, 3.8) is 0 Å². The van der Waals surface area contributed by atoms with Crippen LogP contribution in [0, 0.1) is 0 Å². The van der Waals surface area contributed by atoms with Gasteiger partial charge in [-0.1, -0.05) is 0 Å². The molecule has 2 N–H and O–H groups in total. The summed E-state index contributed by atoms with van der Waals surface area (Å²) in [6, 6.07) is 6.58. The highest BCUT2D eigenvalue weighted by molar-refractivity contribution is 7.92. The lowest BCUT2D eigenvalue weighted by Gasteiger charge is -2.28. The van der Waals surface area contributed by atoms with E-state index in [1.54, 1.807) is 0 Å². The van der Waals surface area contributed by atoms with Gasteiger partial charge in [0, 0.05) is 12.1 Å². The van der Waals surface area contributed by atoms with E-state index in [1.165, 1.54) is 24.3 Å². The number of benzene rings is 1. The number of nitrogens with one attached hydrogen (secondary N) is 1. The molecule has 18 heavy (non-hydrogen) atoms. The largest absolute Gasteiger partial charge is 0.508 e. The van der Waals surface area contributed by atoms with Crippen LogP contribution in [0.5, 0.6) is 5.75 Å². The summed E-state index contributed by atoms with van der Waals surface area (Å²) in [5.74, 6) is 0.0966. The Morgan fingerprint density at radius 2 is 1.61 bits per heavy atom. The highest BCUT2D eigenvalue weighted by Crippen LogP contribution is 2.33. The summed E-state index contributed by atoms with van der Waals surface area (Å²) in [5.41, 5.74) is 0. The summed E-state index contributed by atoms with van der Waals surface area (Å²) >= 11 is 0. The lowest BCUT2D eigenvalue weighted by molar-refractivity contribution is 0.401. The van der Waals surface area contributed by atoms with Gasteiger partial charge in [-0.2, -0.15) is 0 Å². The van der Waals surface area contributed by atoms with Crippen LogP contribution in [-0.2, 0) is 9.84 Å². The fraction of sp³-hybridized carbons (Fsp3) is 0.538. The Bertz CT molecular complexity index is 526. The first-order chi connectivity index (χ1) is 8.55. The second-order valence-electron chi connectivity index (χ2n) is 5.27. The fourth-order valence-electron chi connectivity index (χ4n) is 3.09. The Balaban J connectivity index is 1.88. The maximum Gasteiger partial charge on any atom is 0.181 e. The molecule has 4 nitrogen and oxygen atoms in total. The molecular formula is C13H17NO3S. The van der Waals surface area contributed by atoms with Crippen molar-refractivity contribution in [2.75, 3.05) is 0 Å². The van der Waals surface area contributed by atoms with Crippen LogP contribution in [0.3, 0.4) is 0 Å². The highest BCUT2D eigenvalue weighted by Gasteiger charge is 2.40. The molecule has 2 heterocycles. The smallest absolute Gasteiger partial charge is 0.181 e. The van der Waals surface area contributed by atoms with Crippen molar-refractivity contribution in [3.05, 3.63) is 24.3 Å². The van der Waals surface area contributed by atoms with E-state index < -0.39 is 9.84 Å². The molecular weight excluding hydrogens is 250 g/mol. The monoisotopic (exact) mass is 267 g/mol. The lowest BCUT2D eigenvalue weighted by atomic mass is 10.1. The maximum atomic E-state index is 12.5. The number of phenols is 1. The van der Waals surface area contributed by atoms with Gasteiger partial charge in [-0.05, 0) is 49.9 Å². The van der Waals surface area contributed by atoms with Crippen molar-refractivity contribution in [3.8, 4) is 5.75 Å². The molecule has 3 rings (SSSR count). The summed E-state index contributed by atoms with van der Waals surface area (Å²) in [6.45, 7) is 0. The van der Waals surface area contributed by atoms with E-state index in [2.05, 4.69) is 5.32 Å². The van der Waals surface area contributed by atoms with E-state index in [0.29, 0.717) is 29.8 Å². The number of rotatable bonds is 2. The number of fused-ring (bicyclic) bond motifs is 2. The van der Waals surface area contributed by atoms with Gasteiger partial charge in [0.1, 0.15) is 5.75 Å². The molecule has 2 aliphatic rings. The average Bonchev–Trinajstić information content (AvgIpc) is 2.68. The van der Waals surface area contributed by atoms with Crippen molar-refractivity contribution < 1.29 is 13.5 Å². The molecule has 0 aliphatic carbocycles. The normalized spacial score (nSPS) is 31.4. The van der Waals surface area contributed by atoms with E-state index in [1.807, 2.05) is 0 Å². The zero-order chi connectivity index (χ0) is 12.8. The zero-order valence-electron chi connectivity index (χ0n) is 10.0. The Kier molecular flexibility index (Phi) is 2.83. The fourth-order valence-corrected chi connectivity index (χ4v) is 4.96. The van der Waals surface area contributed by atoms with E-state index in [-0.39, 0.29) is 11.0 Å². The predicted octanol–water partition coefficient (Wildman–Crippen LogP) is 1.45. The van der Waals surface area contributed by atoms with E-state index >= 15 is 0 Å². The number of phenolic OH excluding ortho intramolecular Hbond substituents is 1. The van der Waals surface area contributed by atoms with Crippen LogP contribution in [-0.4, -0.2) is 30.9 Å². The quantitative estimate of drug-likeness (QED) is 0.851. The minimum atomic E-state index is -3.26. The Hall–Kier alpha value is -1.07. The number of hydrogen-bond acceptors (Lipinski definition) is 4. The van der Waals surface area contributed by atoms with Gasteiger partial charge in [-0.15, -0.1) is 0 Å². The van der Waals surface area contributed by atoms with Gasteiger partial charge in [-0.3, -0.25) is 0 Å². The van der Waals surface area contributed by atoms with Gasteiger partial charge < -0.3 is 10.4 Å². The number of piperidine rings is 1. The Morgan fingerprint density at radius 3 is 2.17 bits per heavy atom. The van der Waals surface area contributed by atoms with E-state index in [9.17, 15) is 13.5 Å². The van der Waals surface area contributed by atoms with E-state index in [0.717, 1.165) is 12.8 Å². The molecule has 0 saturated carbocycles. The molecule has 2 aliphatic heterocycles. The maximum absolute atomic E-state index is 12.5. The van der Waals surface area contributed by atoms with Crippen molar-refractivity contribution in [1.82, 2.24) is 5.32 Å². The minimum absolute atomic E-state index is 0.0966. The third-order valence-corrected chi connectivity index (χ3v) is 6.23. The van der Waals surface area contributed by atoms with Crippen LogP contribution in [0.1, 0.15) is 25.7 Å². The second-order valence-corrected chi connectivity index (χ2v) is 7.50. The van der Waals surface area contributed by atoms with Crippen LogP contribution >= 0.6 is 0 Å². The molecule has 2 fully saturated rings. The number of aromatic hydroxyl groups is 1. The van der Waals surface area contributed by atoms with Crippen molar-refractivity contribution in [2.24, 2.45) is 0 Å². The standard InChI is InChI=1S/C13H17NO3S/c15-11-3-5-12(6-4-11)18(16,17)13-7-9-1-2-10(8-13)14-9/h3-6,9-10,13-15H,1-2,7-8H2. The second kappa shape index (κ2) is 4.24. The lowest BCUT2D eigenvalue weighted by Crippen LogP contribution is -2.43. The molecule has 0 radical (unpaired) electrons. The molecule has 1 aromatic rings. The molecule has 0 amide bonds. The molecule has 2 unspecified atom stereocenters. The van der Waals surface area contributed by atoms with Gasteiger partial charge in [0.25, 0.3) is 0 Å². The summed E-state index contributed by atoms with van der Waals surface area (Å²) in [7, 11) is -3.26. The SMILES string of the molecule is O=S(=O)(c1ccc(O)cc1)C1CC2CCC(C1)N2. The van der Waals surface area contributed by atoms with Crippen LogP contribution in [0.4, 0.5) is 0 Å². The summed E-state index contributed by atoms with van der Waals surface area (Å²) in [5, 5.41) is 12.4. The minimum Gasteiger partial charge on any atom is -0.508 e. The summed E-state index contributed by atoms with van der Waals surface area (Å²) in [4.78, 5) is 0.326. The van der Waals surface area contributed by atoms with Crippen LogP contribution in [0.2, 0.25) is 0 Å². The molecule has 0 aromatic heterocycles. The molecule has 1 aromatic carbocycles. The first-order valence-electron chi connectivity index (χ1n) is 6.34. The topological polar surface area (TPSA) is 66.4 Å². The number of sulfone groups is 1. The number of hydrogen-bond donors (Lipinski definition) is 2. The van der Waals surface area contributed by atoms with Gasteiger partial charge >= 0.3 is 0 Å². The van der Waals surface area contributed by atoms with Crippen molar-refractivity contribution in [1.29, 1.82) is 0 Å². The van der Waals surface area contributed by atoms with Crippen LogP contribution < -0.4 is 5.32 Å². The average molecular weight is 267 g/mol. The predicted molar refractivity (Wildman–Crippen MR) is 68.3 cm³/mol. The van der Waals surface area contributed by atoms with Gasteiger partial charge in [0.2, 0.25) is 0 Å². The molecule has 2 saturated heterocycles. The van der Waals surface area contributed by atoms with E-state index in [4.69, 9.17) is 0 Å². The molecule has 5 heteroatoms. The van der Waals surface area contributed by atoms with Crippen molar-refractivity contribution in [2.45, 2.75) is 47.9 Å². The third kappa shape index (κ3) is 2.01. The first-order valence-corrected chi connectivity index (χ1v) is 7.89. The first kappa shape index (κ1) is 12.0. The van der Waals surface area contributed by atoms with Crippen LogP contribution in [0.15, 0.2) is 29.2 Å². The Labute approximate surface area is 107 Å². The molecule has 0 spiro atoms. The summed E-state index contributed by atoms with van der Waals surface area (Å²) in [6.07, 6.45) is 3.60.